The Morgan fingerprint density at radius 2 is 2.33 bits per heavy atom. The quantitative estimate of drug-likeness (QED) is 0.640. The van der Waals surface area contributed by atoms with Crippen LogP contribution in [-0.2, 0) is 10.0 Å². The molecule has 0 saturated heterocycles. The normalized spacial score (nSPS) is 11.9. The van der Waals surface area contributed by atoms with Crippen LogP contribution in [0, 0.1) is 0 Å². The molecule has 0 spiro atoms. The lowest BCUT2D eigenvalue weighted by Crippen LogP contribution is -2.17. The fourth-order valence-corrected chi connectivity index (χ4v) is 3.96. The van der Waals surface area contributed by atoms with Gasteiger partial charge in [-0.05, 0) is 6.42 Å². The second kappa shape index (κ2) is 5.37. The van der Waals surface area contributed by atoms with Crippen LogP contribution in [0.1, 0.15) is 13.3 Å². The van der Waals surface area contributed by atoms with Crippen molar-refractivity contribution in [2.24, 2.45) is 0 Å². The minimum atomic E-state index is -3.76. The predicted octanol–water partition coefficient (Wildman–Crippen LogP) is 1.74. The Labute approximate surface area is 125 Å². The largest absolute Gasteiger partial charge is 0.368 e. The Kier molecular flexibility index (Phi) is 3.55. The molecule has 0 unspecified atom stereocenters. The number of rotatable bonds is 6. The van der Waals surface area contributed by atoms with Crippen molar-refractivity contribution in [1.29, 1.82) is 0 Å². The van der Waals surface area contributed by atoms with Crippen molar-refractivity contribution < 1.29 is 8.42 Å². The van der Waals surface area contributed by atoms with Gasteiger partial charge in [-0.2, -0.15) is 13.5 Å². The molecule has 0 bridgehead atoms. The molecule has 0 fully saturated rings. The number of hydrogen-bond acceptors (Lipinski definition) is 6. The van der Waals surface area contributed by atoms with Gasteiger partial charge in [-0.1, -0.05) is 6.92 Å². The Morgan fingerprint density at radius 1 is 1.48 bits per heavy atom. The Hall–Kier alpha value is -2.07. The standard InChI is InChI=1S/C11H14N6O2S2/c1-2-3-12-9-10(17-4-5-20-11(17)15-9)21(18,19)16-8-6-13-14-7-8/h4-7,12,16H,2-3H2,1H3,(H,13,14). The van der Waals surface area contributed by atoms with Crippen LogP contribution in [0.5, 0.6) is 0 Å². The first-order chi connectivity index (χ1) is 10.1. The van der Waals surface area contributed by atoms with E-state index >= 15 is 0 Å². The minimum absolute atomic E-state index is 0.105. The van der Waals surface area contributed by atoms with Crippen LogP contribution in [0.2, 0.25) is 0 Å². The van der Waals surface area contributed by atoms with Crippen LogP contribution < -0.4 is 10.0 Å². The van der Waals surface area contributed by atoms with E-state index in [9.17, 15) is 8.42 Å². The number of sulfonamides is 1. The van der Waals surface area contributed by atoms with Crippen molar-refractivity contribution >= 4 is 37.8 Å². The Bertz CT molecular complexity index is 833. The molecule has 0 aliphatic rings. The zero-order chi connectivity index (χ0) is 14.9. The van der Waals surface area contributed by atoms with Crippen molar-refractivity contribution in [1.82, 2.24) is 19.6 Å². The lowest BCUT2D eigenvalue weighted by Gasteiger charge is -2.08. The number of thiazole rings is 1. The number of fused-ring (bicyclic) bond motifs is 1. The number of hydrogen-bond donors (Lipinski definition) is 3. The van der Waals surface area contributed by atoms with Crippen LogP contribution in [-0.4, -0.2) is 34.5 Å². The van der Waals surface area contributed by atoms with E-state index < -0.39 is 10.0 Å². The van der Waals surface area contributed by atoms with Gasteiger partial charge in [0.15, 0.2) is 10.8 Å². The summed E-state index contributed by atoms with van der Waals surface area (Å²) in [6.45, 7) is 2.66. The number of anilines is 2. The summed E-state index contributed by atoms with van der Waals surface area (Å²) in [5, 5.41) is 11.2. The fourth-order valence-electron chi connectivity index (χ4n) is 1.89. The van der Waals surface area contributed by atoms with Crippen LogP contribution >= 0.6 is 11.3 Å². The third kappa shape index (κ3) is 2.59. The van der Waals surface area contributed by atoms with Crippen LogP contribution in [0.3, 0.4) is 0 Å². The van der Waals surface area contributed by atoms with Gasteiger partial charge in [-0.15, -0.1) is 11.3 Å². The van der Waals surface area contributed by atoms with E-state index in [4.69, 9.17) is 0 Å². The number of nitrogens with zero attached hydrogens (tertiary/aromatic N) is 3. The van der Waals surface area contributed by atoms with Gasteiger partial charge in [0.05, 0.1) is 11.9 Å². The lowest BCUT2D eigenvalue weighted by molar-refractivity contribution is 0.597. The molecule has 10 heteroatoms. The van der Waals surface area contributed by atoms with Gasteiger partial charge >= 0.3 is 0 Å². The van der Waals surface area contributed by atoms with Gasteiger partial charge in [0, 0.05) is 24.3 Å². The Morgan fingerprint density at radius 3 is 3.05 bits per heavy atom. The van der Waals surface area contributed by atoms with Crippen molar-refractivity contribution in [3.05, 3.63) is 24.0 Å². The third-order valence-corrected chi connectivity index (χ3v) is 4.93. The predicted molar refractivity (Wildman–Crippen MR) is 81.2 cm³/mol. The topological polar surface area (TPSA) is 104 Å². The molecule has 0 aliphatic carbocycles. The van der Waals surface area contributed by atoms with Gasteiger partial charge in [0.25, 0.3) is 10.0 Å². The fraction of sp³-hybridized carbons (Fsp3) is 0.273. The maximum absolute atomic E-state index is 12.6. The number of imidazole rings is 1. The van der Waals surface area contributed by atoms with Gasteiger partial charge in [0.1, 0.15) is 0 Å². The van der Waals surface area contributed by atoms with Crippen molar-refractivity contribution in [3.63, 3.8) is 0 Å². The highest BCUT2D eigenvalue weighted by Crippen LogP contribution is 2.27. The first kappa shape index (κ1) is 13.9. The van der Waals surface area contributed by atoms with Gasteiger partial charge in [0.2, 0.25) is 5.03 Å². The van der Waals surface area contributed by atoms with E-state index in [2.05, 4.69) is 25.2 Å². The molecule has 0 radical (unpaired) electrons. The van der Waals surface area contributed by atoms with Crippen molar-refractivity contribution in [2.75, 3.05) is 16.6 Å². The van der Waals surface area contributed by atoms with Gasteiger partial charge in [-0.3, -0.25) is 14.2 Å². The Balaban J connectivity index is 2.06. The minimum Gasteiger partial charge on any atom is -0.368 e. The molecule has 3 N–H and O–H groups in total. The van der Waals surface area contributed by atoms with Gasteiger partial charge < -0.3 is 5.32 Å². The monoisotopic (exact) mass is 326 g/mol. The van der Waals surface area contributed by atoms with Gasteiger partial charge in [-0.25, -0.2) is 4.98 Å². The molecule has 0 amide bonds. The molecule has 8 nitrogen and oxygen atoms in total. The number of H-pyrrole nitrogens is 1. The summed E-state index contributed by atoms with van der Waals surface area (Å²) < 4.78 is 29.3. The molecule has 0 saturated carbocycles. The third-order valence-electron chi connectivity index (χ3n) is 2.77. The zero-order valence-corrected chi connectivity index (χ0v) is 12.8. The van der Waals surface area contributed by atoms with Crippen LogP contribution in [0.25, 0.3) is 4.96 Å². The average molecular weight is 326 g/mol. The second-order valence-corrected chi connectivity index (χ2v) is 6.81. The molecule has 112 valence electrons. The molecule has 0 aliphatic heterocycles. The van der Waals surface area contributed by atoms with E-state index in [1.54, 1.807) is 16.0 Å². The zero-order valence-electron chi connectivity index (χ0n) is 11.2. The molecular weight excluding hydrogens is 312 g/mol. The number of aromatic amines is 1. The summed E-state index contributed by atoms with van der Waals surface area (Å²) in [6, 6.07) is 0. The van der Waals surface area contributed by atoms with E-state index in [-0.39, 0.29) is 5.03 Å². The summed E-state index contributed by atoms with van der Waals surface area (Å²) in [4.78, 5) is 4.96. The second-order valence-electron chi connectivity index (χ2n) is 4.34. The smallest absolute Gasteiger partial charge is 0.281 e. The van der Waals surface area contributed by atoms with E-state index in [1.165, 1.54) is 23.7 Å². The van der Waals surface area contributed by atoms with Crippen LogP contribution in [0.4, 0.5) is 11.5 Å². The summed E-state index contributed by atoms with van der Waals surface area (Å²) in [6.07, 6.45) is 5.44. The molecule has 3 aromatic rings. The molecule has 0 atom stereocenters. The summed E-state index contributed by atoms with van der Waals surface area (Å²) >= 11 is 1.38. The summed E-state index contributed by atoms with van der Waals surface area (Å²) in [7, 11) is -3.76. The van der Waals surface area contributed by atoms with Crippen molar-refractivity contribution in [3.8, 4) is 0 Å². The lowest BCUT2D eigenvalue weighted by atomic mass is 10.5. The first-order valence-corrected chi connectivity index (χ1v) is 8.69. The van der Waals surface area contributed by atoms with E-state index in [1.807, 2.05) is 6.92 Å². The number of aromatic nitrogens is 4. The number of nitrogens with one attached hydrogen (secondary N) is 3. The molecule has 3 rings (SSSR count). The van der Waals surface area contributed by atoms with E-state index in [0.717, 1.165) is 6.42 Å². The molecule has 21 heavy (non-hydrogen) atoms. The molecule has 3 aromatic heterocycles. The molecular formula is C11H14N6O2S2. The highest BCUT2D eigenvalue weighted by molar-refractivity contribution is 7.92. The van der Waals surface area contributed by atoms with E-state index in [0.29, 0.717) is 23.0 Å². The molecule has 0 aromatic carbocycles. The summed E-state index contributed by atoms with van der Waals surface area (Å²) in [5.41, 5.74) is 0.377. The maximum Gasteiger partial charge on any atom is 0.281 e. The van der Waals surface area contributed by atoms with Crippen molar-refractivity contribution in [2.45, 2.75) is 18.4 Å². The highest BCUT2D eigenvalue weighted by atomic mass is 32.2. The average Bonchev–Trinajstić information content (AvgIpc) is 3.10. The van der Waals surface area contributed by atoms with Crippen LogP contribution in [0.15, 0.2) is 29.0 Å². The SMILES string of the molecule is CCCNc1nc2sccn2c1S(=O)(=O)Nc1cn[nH]c1. The molecule has 3 heterocycles. The summed E-state index contributed by atoms with van der Waals surface area (Å²) in [5.74, 6) is 0.361. The maximum atomic E-state index is 12.6. The first-order valence-electron chi connectivity index (χ1n) is 6.33. The highest BCUT2D eigenvalue weighted by Gasteiger charge is 2.26.